The van der Waals surface area contributed by atoms with Gasteiger partial charge in [0, 0.05) is 24.2 Å². The van der Waals surface area contributed by atoms with E-state index in [0.29, 0.717) is 24.1 Å². The van der Waals surface area contributed by atoms with Crippen molar-refractivity contribution in [1.82, 2.24) is 15.3 Å². The van der Waals surface area contributed by atoms with Crippen LogP contribution in [0.4, 0.5) is 0 Å². The van der Waals surface area contributed by atoms with Crippen molar-refractivity contribution in [2.45, 2.75) is 19.9 Å². The molecule has 0 saturated carbocycles. The van der Waals surface area contributed by atoms with Gasteiger partial charge in [-0.05, 0) is 13.0 Å². The predicted molar refractivity (Wildman–Crippen MR) is 80.8 cm³/mol. The van der Waals surface area contributed by atoms with Gasteiger partial charge in [-0.15, -0.1) is 11.3 Å². The molecule has 5 nitrogen and oxygen atoms in total. The average molecular weight is 301 g/mol. The van der Waals surface area contributed by atoms with Crippen LogP contribution in [-0.4, -0.2) is 27.6 Å². The molecule has 2 aromatic rings. The average Bonchev–Trinajstić information content (AvgIpc) is 2.91. The van der Waals surface area contributed by atoms with Crippen molar-refractivity contribution in [1.29, 1.82) is 0 Å². The van der Waals surface area contributed by atoms with Crippen LogP contribution in [0.15, 0.2) is 23.8 Å². The lowest BCUT2D eigenvalue weighted by Crippen LogP contribution is -2.24. The van der Waals surface area contributed by atoms with Crippen LogP contribution in [-0.2, 0) is 6.54 Å². The van der Waals surface area contributed by atoms with E-state index in [0.717, 1.165) is 10.7 Å². The Morgan fingerprint density at radius 1 is 1.52 bits per heavy atom. The third-order valence-corrected chi connectivity index (χ3v) is 3.44. The number of rotatable bonds is 4. The first-order valence-electron chi connectivity index (χ1n) is 6.43. The maximum atomic E-state index is 12.2. The van der Waals surface area contributed by atoms with Crippen molar-refractivity contribution in [2.75, 3.05) is 6.61 Å². The predicted octanol–water partition coefficient (Wildman–Crippen LogP) is 1.51. The first-order chi connectivity index (χ1) is 10.2. The number of aryl methyl sites for hydroxylation is 1. The van der Waals surface area contributed by atoms with Crippen molar-refractivity contribution in [3.05, 3.63) is 45.7 Å². The quantitative estimate of drug-likeness (QED) is 0.839. The van der Waals surface area contributed by atoms with Crippen molar-refractivity contribution >= 4 is 17.2 Å². The van der Waals surface area contributed by atoms with E-state index < -0.39 is 0 Å². The summed E-state index contributed by atoms with van der Waals surface area (Å²) in [5, 5.41) is 14.4. The SMILES string of the molecule is Cc1nc(CNC(=O)c2ccncc2C#CCCO)cs1. The number of carbonyl (C=O) groups excluding carboxylic acids is 1. The van der Waals surface area contributed by atoms with Crippen molar-refractivity contribution in [3.63, 3.8) is 0 Å². The van der Waals surface area contributed by atoms with E-state index in [2.05, 4.69) is 27.1 Å². The van der Waals surface area contributed by atoms with E-state index in [-0.39, 0.29) is 12.5 Å². The maximum absolute atomic E-state index is 12.2. The Morgan fingerprint density at radius 2 is 2.38 bits per heavy atom. The zero-order chi connectivity index (χ0) is 15.1. The Balaban J connectivity index is 2.07. The molecule has 1 amide bonds. The number of pyridine rings is 1. The van der Waals surface area contributed by atoms with Gasteiger partial charge in [-0.25, -0.2) is 4.98 Å². The van der Waals surface area contributed by atoms with Crippen LogP contribution in [0.5, 0.6) is 0 Å². The van der Waals surface area contributed by atoms with Crippen LogP contribution in [0.25, 0.3) is 0 Å². The summed E-state index contributed by atoms with van der Waals surface area (Å²) in [4.78, 5) is 20.5. The summed E-state index contributed by atoms with van der Waals surface area (Å²) in [5.74, 6) is 5.43. The first-order valence-corrected chi connectivity index (χ1v) is 7.31. The Hall–Kier alpha value is -2.23. The molecule has 0 unspecified atom stereocenters. The van der Waals surface area contributed by atoms with Gasteiger partial charge in [0.25, 0.3) is 5.91 Å². The lowest BCUT2D eigenvalue weighted by molar-refractivity contribution is 0.0950. The zero-order valence-corrected chi connectivity index (χ0v) is 12.4. The minimum atomic E-state index is -0.212. The van der Waals surface area contributed by atoms with Crippen LogP contribution in [0, 0.1) is 18.8 Å². The highest BCUT2D eigenvalue weighted by molar-refractivity contribution is 7.09. The largest absolute Gasteiger partial charge is 0.395 e. The molecular weight excluding hydrogens is 286 g/mol. The molecule has 0 fully saturated rings. The Labute approximate surface area is 127 Å². The van der Waals surface area contributed by atoms with Crippen LogP contribution in [0.1, 0.15) is 33.0 Å². The van der Waals surface area contributed by atoms with Gasteiger partial charge < -0.3 is 10.4 Å². The number of carbonyl (C=O) groups is 1. The second-order valence-corrected chi connectivity index (χ2v) is 5.30. The summed E-state index contributed by atoms with van der Waals surface area (Å²) in [6, 6.07) is 1.63. The van der Waals surface area contributed by atoms with Crippen LogP contribution < -0.4 is 5.32 Å². The van der Waals surface area contributed by atoms with Crippen molar-refractivity contribution in [3.8, 4) is 11.8 Å². The monoisotopic (exact) mass is 301 g/mol. The van der Waals surface area contributed by atoms with Crippen LogP contribution in [0.2, 0.25) is 0 Å². The third kappa shape index (κ3) is 4.38. The van der Waals surface area contributed by atoms with Gasteiger partial charge in [-0.3, -0.25) is 9.78 Å². The molecule has 0 saturated heterocycles. The fraction of sp³-hybridized carbons (Fsp3) is 0.267. The summed E-state index contributed by atoms with van der Waals surface area (Å²) >= 11 is 1.55. The molecule has 2 aromatic heterocycles. The molecule has 0 aliphatic rings. The molecular formula is C15H15N3O2S. The number of aromatic nitrogens is 2. The van der Waals surface area contributed by atoms with Crippen LogP contribution >= 0.6 is 11.3 Å². The first kappa shape index (κ1) is 15.2. The summed E-state index contributed by atoms with van der Waals surface area (Å²) in [6.07, 6.45) is 3.47. The third-order valence-electron chi connectivity index (χ3n) is 2.62. The maximum Gasteiger partial charge on any atom is 0.252 e. The number of thiazole rings is 1. The van der Waals surface area contributed by atoms with Gasteiger partial charge in [0.05, 0.1) is 35.0 Å². The van der Waals surface area contributed by atoms with Gasteiger partial charge in [0.15, 0.2) is 0 Å². The molecule has 0 radical (unpaired) electrons. The molecule has 0 aliphatic carbocycles. The topological polar surface area (TPSA) is 75.1 Å². The Bertz CT molecular complexity index is 685. The molecule has 0 spiro atoms. The molecule has 21 heavy (non-hydrogen) atoms. The number of aliphatic hydroxyl groups is 1. The molecule has 0 aliphatic heterocycles. The van der Waals surface area contributed by atoms with Crippen LogP contribution in [0.3, 0.4) is 0 Å². The molecule has 0 bridgehead atoms. The Kier molecular flexibility index (Phi) is 5.43. The number of hydrogen-bond acceptors (Lipinski definition) is 5. The molecule has 2 heterocycles. The molecule has 2 N–H and O–H groups in total. The van der Waals surface area contributed by atoms with E-state index in [4.69, 9.17) is 5.11 Å². The second-order valence-electron chi connectivity index (χ2n) is 4.24. The minimum Gasteiger partial charge on any atom is -0.395 e. The summed E-state index contributed by atoms with van der Waals surface area (Å²) < 4.78 is 0. The second kappa shape index (κ2) is 7.53. The number of amides is 1. The van der Waals surface area contributed by atoms with Gasteiger partial charge in [0.2, 0.25) is 0 Å². The number of nitrogens with zero attached hydrogens (tertiary/aromatic N) is 2. The van der Waals surface area contributed by atoms with Gasteiger partial charge in [-0.2, -0.15) is 0 Å². The number of aliphatic hydroxyl groups excluding tert-OH is 1. The van der Waals surface area contributed by atoms with Crippen molar-refractivity contribution in [2.24, 2.45) is 0 Å². The normalized spacial score (nSPS) is 9.81. The fourth-order valence-corrected chi connectivity index (χ4v) is 2.27. The zero-order valence-electron chi connectivity index (χ0n) is 11.6. The summed E-state index contributed by atoms with van der Waals surface area (Å²) in [5.41, 5.74) is 1.87. The van der Waals surface area contributed by atoms with E-state index in [9.17, 15) is 4.79 Å². The highest BCUT2D eigenvalue weighted by Crippen LogP contribution is 2.09. The highest BCUT2D eigenvalue weighted by atomic mass is 32.1. The summed E-state index contributed by atoms with van der Waals surface area (Å²) in [7, 11) is 0. The van der Waals surface area contributed by atoms with Gasteiger partial charge in [-0.1, -0.05) is 11.8 Å². The number of hydrogen-bond donors (Lipinski definition) is 2. The molecule has 108 valence electrons. The van der Waals surface area contributed by atoms with Gasteiger partial charge in [0.1, 0.15) is 0 Å². The Morgan fingerprint density at radius 3 is 3.10 bits per heavy atom. The lowest BCUT2D eigenvalue weighted by Gasteiger charge is -2.05. The van der Waals surface area contributed by atoms with E-state index in [1.54, 1.807) is 29.8 Å². The summed E-state index contributed by atoms with van der Waals surface area (Å²) in [6.45, 7) is 2.31. The standard InChI is InChI=1S/C15H15N3O2S/c1-11-18-13(10-21-11)9-17-15(20)14-5-6-16-8-12(14)4-2-3-7-19/h5-6,8,10,19H,3,7,9H2,1H3,(H,17,20). The van der Waals surface area contributed by atoms with E-state index in [1.165, 1.54) is 0 Å². The fourth-order valence-electron chi connectivity index (χ4n) is 1.66. The number of nitrogens with one attached hydrogen (secondary N) is 1. The molecule has 2 rings (SSSR count). The minimum absolute atomic E-state index is 0.00202. The molecule has 6 heteroatoms. The smallest absolute Gasteiger partial charge is 0.252 e. The van der Waals surface area contributed by atoms with E-state index >= 15 is 0 Å². The van der Waals surface area contributed by atoms with E-state index in [1.807, 2.05) is 12.3 Å². The lowest BCUT2D eigenvalue weighted by atomic mass is 10.1. The molecule has 0 aromatic carbocycles. The molecule has 0 atom stereocenters. The van der Waals surface area contributed by atoms with Crippen molar-refractivity contribution < 1.29 is 9.90 Å². The van der Waals surface area contributed by atoms with Gasteiger partial charge >= 0.3 is 0 Å². The highest BCUT2D eigenvalue weighted by Gasteiger charge is 2.10.